The number of rotatable bonds is 4. The molecule has 0 aromatic carbocycles. The van der Waals surface area contributed by atoms with Gasteiger partial charge >= 0.3 is 0 Å². The highest BCUT2D eigenvalue weighted by atomic mass is 16.2. The Morgan fingerprint density at radius 1 is 1.27 bits per heavy atom. The highest BCUT2D eigenvalue weighted by molar-refractivity contribution is 5.95. The molecule has 6 heteroatoms. The molecule has 140 valence electrons. The first kappa shape index (κ1) is 17.3. The first-order valence-corrected chi connectivity index (χ1v) is 9.70. The number of carbonyl (C=O) groups excluding carboxylic acids is 2. The van der Waals surface area contributed by atoms with Crippen LogP contribution < -0.4 is 4.90 Å². The Morgan fingerprint density at radius 2 is 2.08 bits per heavy atom. The summed E-state index contributed by atoms with van der Waals surface area (Å²) in [4.78, 5) is 36.2. The van der Waals surface area contributed by atoms with Crippen molar-refractivity contribution in [3.63, 3.8) is 0 Å². The largest absolute Gasteiger partial charge is 0.363 e. The fourth-order valence-electron chi connectivity index (χ4n) is 4.32. The van der Waals surface area contributed by atoms with E-state index >= 15 is 0 Å². The van der Waals surface area contributed by atoms with Gasteiger partial charge in [-0.25, -0.2) is 4.98 Å². The minimum Gasteiger partial charge on any atom is -0.363 e. The van der Waals surface area contributed by atoms with Gasteiger partial charge in [-0.15, -0.1) is 0 Å². The van der Waals surface area contributed by atoms with E-state index in [1.165, 1.54) is 12.8 Å². The van der Waals surface area contributed by atoms with E-state index in [4.69, 9.17) is 0 Å². The fourth-order valence-corrected chi connectivity index (χ4v) is 4.32. The van der Waals surface area contributed by atoms with Crippen LogP contribution in [-0.4, -0.2) is 66.9 Å². The summed E-state index contributed by atoms with van der Waals surface area (Å²) in [7, 11) is 3.85. The van der Waals surface area contributed by atoms with Gasteiger partial charge in [-0.1, -0.05) is 0 Å². The maximum atomic E-state index is 13.1. The number of nitrogens with zero attached hydrogens (tertiary/aromatic N) is 4. The van der Waals surface area contributed by atoms with Gasteiger partial charge in [0.05, 0.1) is 11.0 Å². The highest BCUT2D eigenvalue weighted by Gasteiger charge is 2.50. The molecule has 1 atom stereocenters. The van der Waals surface area contributed by atoms with Gasteiger partial charge in [-0.2, -0.15) is 0 Å². The van der Waals surface area contributed by atoms with Crippen LogP contribution in [0.1, 0.15) is 42.5 Å². The predicted molar refractivity (Wildman–Crippen MR) is 100 cm³/mol. The van der Waals surface area contributed by atoms with Crippen LogP contribution in [0.25, 0.3) is 0 Å². The van der Waals surface area contributed by atoms with Crippen LogP contribution in [0.15, 0.2) is 18.3 Å². The van der Waals surface area contributed by atoms with Crippen molar-refractivity contribution in [2.75, 3.05) is 45.2 Å². The second-order valence-electron chi connectivity index (χ2n) is 8.35. The molecule has 1 aromatic heterocycles. The van der Waals surface area contributed by atoms with E-state index in [1.807, 2.05) is 36.0 Å². The molecular formula is C20H28N4O2. The average Bonchev–Trinajstić information content (AvgIpc) is 3.36. The van der Waals surface area contributed by atoms with E-state index in [0.29, 0.717) is 18.7 Å². The van der Waals surface area contributed by atoms with Crippen molar-refractivity contribution in [2.24, 2.45) is 11.3 Å². The number of aromatic nitrogens is 1. The third kappa shape index (κ3) is 3.17. The highest BCUT2D eigenvalue weighted by Crippen LogP contribution is 2.42. The summed E-state index contributed by atoms with van der Waals surface area (Å²) in [6.45, 7) is 3.03. The van der Waals surface area contributed by atoms with Gasteiger partial charge in [-0.3, -0.25) is 9.59 Å². The number of hydrogen-bond acceptors (Lipinski definition) is 4. The van der Waals surface area contributed by atoms with Crippen LogP contribution in [0.4, 0.5) is 5.82 Å². The second kappa shape index (κ2) is 6.56. The summed E-state index contributed by atoms with van der Waals surface area (Å²) in [5.74, 6) is 1.82. The number of amides is 2. The Morgan fingerprint density at radius 3 is 2.73 bits per heavy atom. The van der Waals surface area contributed by atoms with E-state index < -0.39 is 0 Å². The van der Waals surface area contributed by atoms with Crippen molar-refractivity contribution in [3.8, 4) is 0 Å². The zero-order valence-corrected chi connectivity index (χ0v) is 15.8. The van der Waals surface area contributed by atoms with Gasteiger partial charge < -0.3 is 14.7 Å². The molecule has 0 N–H and O–H groups in total. The third-order valence-corrected chi connectivity index (χ3v) is 6.09. The van der Waals surface area contributed by atoms with Crippen molar-refractivity contribution >= 4 is 17.6 Å². The molecule has 6 nitrogen and oxygen atoms in total. The molecule has 0 bridgehead atoms. The van der Waals surface area contributed by atoms with Gasteiger partial charge in [0, 0.05) is 46.5 Å². The van der Waals surface area contributed by atoms with Crippen molar-refractivity contribution in [1.29, 1.82) is 0 Å². The zero-order chi connectivity index (χ0) is 18.3. The summed E-state index contributed by atoms with van der Waals surface area (Å²) < 4.78 is 0. The van der Waals surface area contributed by atoms with Crippen LogP contribution in [0.3, 0.4) is 0 Å². The first-order valence-electron chi connectivity index (χ1n) is 9.70. The summed E-state index contributed by atoms with van der Waals surface area (Å²) >= 11 is 0. The summed E-state index contributed by atoms with van der Waals surface area (Å²) in [5, 5.41) is 0. The topological polar surface area (TPSA) is 56.8 Å². The van der Waals surface area contributed by atoms with Crippen molar-refractivity contribution in [1.82, 2.24) is 14.8 Å². The Balaban J connectivity index is 1.45. The molecule has 3 aliphatic rings. The molecule has 26 heavy (non-hydrogen) atoms. The molecule has 0 radical (unpaired) electrons. The molecule has 2 aliphatic heterocycles. The quantitative estimate of drug-likeness (QED) is 0.828. The lowest BCUT2D eigenvalue weighted by atomic mass is 9.78. The van der Waals surface area contributed by atoms with Crippen LogP contribution in [0.2, 0.25) is 0 Å². The molecule has 1 saturated carbocycles. The molecule has 2 amide bonds. The van der Waals surface area contributed by atoms with Gasteiger partial charge in [0.15, 0.2) is 0 Å². The van der Waals surface area contributed by atoms with E-state index in [9.17, 15) is 9.59 Å². The Labute approximate surface area is 155 Å². The summed E-state index contributed by atoms with van der Waals surface area (Å²) in [6.07, 6.45) is 6.93. The number of likely N-dealkylation sites (tertiary alicyclic amines) is 2. The molecule has 0 unspecified atom stereocenters. The number of carbonyl (C=O) groups is 2. The lowest BCUT2D eigenvalue weighted by Gasteiger charge is -2.39. The third-order valence-electron chi connectivity index (χ3n) is 6.09. The number of hydrogen-bond donors (Lipinski definition) is 0. The monoisotopic (exact) mass is 356 g/mol. The smallest absolute Gasteiger partial charge is 0.255 e. The van der Waals surface area contributed by atoms with Crippen molar-refractivity contribution in [2.45, 2.75) is 32.1 Å². The van der Waals surface area contributed by atoms with Gasteiger partial charge in [0.1, 0.15) is 5.82 Å². The number of piperidine rings is 1. The fraction of sp³-hybridized carbons (Fsp3) is 0.650. The normalized spacial score (nSPS) is 25.8. The maximum Gasteiger partial charge on any atom is 0.255 e. The molecule has 1 aromatic rings. The van der Waals surface area contributed by atoms with E-state index in [0.717, 1.165) is 44.1 Å². The molecule has 2 saturated heterocycles. The minimum absolute atomic E-state index is 0.00759. The average molecular weight is 356 g/mol. The van der Waals surface area contributed by atoms with Gasteiger partial charge in [0.25, 0.3) is 5.91 Å². The van der Waals surface area contributed by atoms with E-state index in [-0.39, 0.29) is 17.2 Å². The molecular weight excluding hydrogens is 328 g/mol. The maximum absolute atomic E-state index is 13.1. The Bertz CT molecular complexity index is 698. The predicted octanol–water partition coefficient (Wildman–Crippen LogP) is 2.01. The number of anilines is 1. The van der Waals surface area contributed by atoms with Gasteiger partial charge in [0.2, 0.25) is 5.91 Å². The van der Waals surface area contributed by atoms with Gasteiger partial charge in [-0.05, 0) is 50.2 Å². The van der Waals surface area contributed by atoms with Crippen LogP contribution >= 0.6 is 0 Å². The second-order valence-corrected chi connectivity index (χ2v) is 8.35. The molecule has 3 heterocycles. The van der Waals surface area contributed by atoms with Crippen molar-refractivity contribution in [3.05, 3.63) is 23.9 Å². The Kier molecular flexibility index (Phi) is 4.37. The first-order chi connectivity index (χ1) is 12.5. The van der Waals surface area contributed by atoms with E-state index in [2.05, 4.69) is 9.88 Å². The molecule has 1 aliphatic carbocycles. The molecule has 1 spiro atoms. The molecule has 3 fully saturated rings. The summed E-state index contributed by atoms with van der Waals surface area (Å²) in [6, 6.07) is 3.69. The number of pyridine rings is 1. The summed E-state index contributed by atoms with van der Waals surface area (Å²) in [5.41, 5.74) is 0.255. The lowest BCUT2D eigenvalue weighted by Crippen LogP contribution is -2.50. The van der Waals surface area contributed by atoms with Crippen LogP contribution in [0, 0.1) is 11.3 Å². The van der Waals surface area contributed by atoms with Crippen LogP contribution in [-0.2, 0) is 4.79 Å². The standard InChI is InChI=1S/C20H28N4O2/c1-22(2)17-7-6-16(12-21-17)18(25)24-11-9-20(14-24)8-3-10-23(19(20)26)13-15-4-5-15/h6-7,12,15H,3-5,8-11,13-14H2,1-2H3/t20-/m1/s1. The van der Waals surface area contributed by atoms with E-state index in [1.54, 1.807) is 6.20 Å². The minimum atomic E-state index is -0.347. The van der Waals surface area contributed by atoms with Crippen LogP contribution in [0.5, 0.6) is 0 Å². The Hall–Kier alpha value is -2.11. The molecule has 4 rings (SSSR count). The zero-order valence-electron chi connectivity index (χ0n) is 15.8. The lowest BCUT2D eigenvalue weighted by molar-refractivity contribution is -0.145. The SMILES string of the molecule is CN(C)c1ccc(C(=O)N2CC[C@]3(CCCN(CC4CC4)C3=O)C2)cn1. The van der Waals surface area contributed by atoms with Crippen molar-refractivity contribution < 1.29 is 9.59 Å².